The van der Waals surface area contributed by atoms with Gasteiger partial charge < -0.3 is 20.6 Å². The average molecular weight is 306 g/mol. The molecule has 0 aliphatic heterocycles. The Morgan fingerprint density at radius 3 is 2.37 bits per heavy atom. The van der Waals surface area contributed by atoms with E-state index in [1.165, 1.54) is 11.8 Å². The first-order chi connectivity index (χ1) is 9.01. The Kier molecular flexibility index (Phi) is 6.09. The van der Waals surface area contributed by atoms with Crippen molar-refractivity contribution in [2.24, 2.45) is 0 Å². The van der Waals surface area contributed by atoms with Crippen LogP contribution in [0.25, 0.3) is 0 Å². The van der Waals surface area contributed by atoms with E-state index in [1.807, 2.05) is 6.26 Å². The van der Waals surface area contributed by atoms with Crippen molar-refractivity contribution in [3.05, 3.63) is 28.8 Å². The number of hydrogen-bond donors (Lipinski definition) is 4. The van der Waals surface area contributed by atoms with E-state index in [-0.39, 0.29) is 10.6 Å². The van der Waals surface area contributed by atoms with Gasteiger partial charge in [0.05, 0.1) is 30.4 Å². The van der Waals surface area contributed by atoms with Gasteiger partial charge in [0.15, 0.2) is 0 Å². The van der Waals surface area contributed by atoms with Crippen LogP contribution in [0.1, 0.15) is 10.4 Å². The van der Waals surface area contributed by atoms with Gasteiger partial charge in [0, 0.05) is 4.90 Å². The van der Waals surface area contributed by atoms with Gasteiger partial charge in [-0.1, -0.05) is 11.6 Å². The maximum absolute atomic E-state index is 12.1. The number of aliphatic hydroxyl groups is 3. The van der Waals surface area contributed by atoms with Gasteiger partial charge in [-0.25, -0.2) is 0 Å². The Hall–Kier alpha value is -0.790. The van der Waals surface area contributed by atoms with Crippen molar-refractivity contribution < 1.29 is 20.1 Å². The molecule has 0 aliphatic rings. The molecule has 0 spiro atoms. The fourth-order valence-corrected chi connectivity index (χ4v) is 2.03. The van der Waals surface area contributed by atoms with E-state index >= 15 is 0 Å². The number of thioether (sulfide) groups is 1. The molecule has 106 valence electrons. The molecule has 0 unspecified atom stereocenters. The topological polar surface area (TPSA) is 89.8 Å². The summed E-state index contributed by atoms with van der Waals surface area (Å²) in [5.74, 6) is -0.557. The number of carbonyl (C=O) groups is 1. The summed E-state index contributed by atoms with van der Waals surface area (Å²) < 4.78 is 0. The third-order valence-corrected chi connectivity index (χ3v) is 3.76. The van der Waals surface area contributed by atoms with Gasteiger partial charge in [-0.05, 0) is 24.5 Å². The average Bonchev–Trinajstić information content (AvgIpc) is 2.45. The van der Waals surface area contributed by atoms with Crippen LogP contribution in [0.15, 0.2) is 23.1 Å². The number of benzene rings is 1. The maximum Gasteiger partial charge on any atom is 0.253 e. The van der Waals surface area contributed by atoms with E-state index in [0.29, 0.717) is 0 Å². The van der Waals surface area contributed by atoms with Gasteiger partial charge in [-0.3, -0.25) is 4.79 Å². The van der Waals surface area contributed by atoms with E-state index in [0.717, 1.165) is 4.90 Å². The van der Waals surface area contributed by atoms with Crippen LogP contribution in [0, 0.1) is 0 Å². The van der Waals surface area contributed by atoms with Crippen LogP contribution in [-0.2, 0) is 0 Å². The number of hydrogen-bond acceptors (Lipinski definition) is 5. The fourth-order valence-electron chi connectivity index (χ4n) is 1.38. The maximum atomic E-state index is 12.1. The molecule has 0 atom stereocenters. The molecule has 1 amide bonds. The predicted molar refractivity (Wildman–Crippen MR) is 74.7 cm³/mol. The van der Waals surface area contributed by atoms with Crippen molar-refractivity contribution >= 4 is 29.3 Å². The summed E-state index contributed by atoms with van der Waals surface area (Å²) in [5, 5.41) is 30.2. The lowest BCUT2D eigenvalue weighted by Crippen LogP contribution is -2.57. The first-order valence-corrected chi connectivity index (χ1v) is 7.11. The van der Waals surface area contributed by atoms with Crippen LogP contribution < -0.4 is 5.32 Å². The monoisotopic (exact) mass is 305 g/mol. The minimum absolute atomic E-state index is 0.230. The molecule has 19 heavy (non-hydrogen) atoms. The quantitative estimate of drug-likeness (QED) is 0.575. The second kappa shape index (κ2) is 7.12. The van der Waals surface area contributed by atoms with E-state index in [9.17, 15) is 20.1 Å². The Bertz CT molecular complexity index is 443. The third kappa shape index (κ3) is 3.84. The summed E-state index contributed by atoms with van der Waals surface area (Å²) in [6.45, 7) is -1.73. The molecular weight excluding hydrogens is 290 g/mol. The number of halogens is 1. The lowest BCUT2D eigenvalue weighted by molar-refractivity contribution is 0.0375. The Labute approximate surface area is 120 Å². The van der Waals surface area contributed by atoms with Gasteiger partial charge >= 0.3 is 0 Å². The Morgan fingerprint density at radius 2 is 1.89 bits per heavy atom. The molecule has 1 aromatic rings. The summed E-state index contributed by atoms with van der Waals surface area (Å²) in [6.07, 6.45) is 1.87. The van der Waals surface area contributed by atoms with Gasteiger partial charge in [-0.2, -0.15) is 0 Å². The van der Waals surface area contributed by atoms with E-state index in [4.69, 9.17) is 11.6 Å². The second-order valence-electron chi connectivity index (χ2n) is 4.05. The molecule has 0 fully saturated rings. The van der Waals surface area contributed by atoms with E-state index < -0.39 is 31.3 Å². The highest BCUT2D eigenvalue weighted by Gasteiger charge is 2.30. The molecular formula is C12H16ClNO4S. The van der Waals surface area contributed by atoms with Crippen molar-refractivity contribution in [3.63, 3.8) is 0 Å². The highest BCUT2D eigenvalue weighted by Crippen LogP contribution is 2.23. The fraction of sp³-hybridized carbons (Fsp3) is 0.417. The summed E-state index contributed by atoms with van der Waals surface area (Å²) in [7, 11) is 0. The van der Waals surface area contributed by atoms with Crippen LogP contribution >= 0.6 is 23.4 Å². The predicted octanol–water partition coefficient (Wildman–Crippen LogP) is 0.507. The summed E-state index contributed by atoms with van der Waals surface area (Å²) >= 11 is 7.41. The normalized spacial score (nSPS) is 11.4. The van der Waals surface area contributed by atoms with Crippen molar-refractivity contribution in [1.29, 1.82) is 0 Å². The molecule has 1 aromatic carbocycles. The zero-order valence-corrected chi connectivity index (χ0v) is 12.0. The molecule has 0 bridgehead atoms. The second-order valence-corrected chi connectivity index (χ2v) is 5.34. The zero-order chi connectivity index (χ0) is 14.5. The van der Waals surface area contributed by atoms with Crippen molar-refractivity contribution in [3.8, 4) is 0 Å². The molecule has 0 heterocycles. The van der Waals surface area contributed by atoms with E-state index in [2.05, 4.69) is 5.32 Å². The molecule has 0 saturated carbocycles. The molecule has 1 rings (SSSR count). The number of aliphatic hydroxyl groups excluding tert-OH is 3. The minimum atomic E-state index is -1.46. The largest absolute Gasteiger partial charge is 0.394 e. The highest BCUT2D eigenvalue weighted by molar-refractivity contribution is 7.98. The number of carbonyl (C=O) groups excluding carboxylic acids is 1. The molecule has 0 radical (unpaired) electrons. The lowest BCUT2D eigenvalue weighted by atomic mass is 10.0. The smallest absolute Gasteiger partial charge is 0.253 e. The Balaban J connectivity index is 3.00. The van der Waals surface area contributed by atoms with Gasteiger partial charge in [0.25, 0.3) is 5.91 Å². The molecule has 0 aromatic heterocycles. The SMILES string of the molecule is CSc1ccc(Cl)c(C(=O)NC(CO)(CO)CO)c1. The first kappa shape index (κ1) is 16.3. The molecule has 4 N–H and O–H groups in total. The summed E-state index contributed by atoms with van der Waals surface area (Å²) in [4.78, 5) is 12.9. The van der Waals surface area contributed by atoms with Crippen molar-refractivity contribution in [2.45, 2.75) is 10.4 Å². The van der Waals surface area contributed by atoms with Crippen LogP contribution in [-0.4, -0.2) is 52.8 Å². The Morgan fingerprint density at radius 1 is 1.32 bits per heavy atom. The molecule has 0 saturated heterocycles. The van der Waals surface area contributed by atoms with Crippen molar-refractivity contribution in [2.75, 3.05) is 26.1 Å². The van der Waals surface area contributed by atoms with Gasteiger partial charge in [0.1, 0.15) is 5.54 Å². The summed E-state index contributed by atoms with van der Waals surface area (Å²) in [6, 6.07) is 4.99. The highest BCUT2D eigenvalue weighted by atomic mass is 35.5. The minimum Gasteiger partial charge on any atom is -0.394 e. The third-order valence-electron chi connectivity index (χ3n) is 2.70. The molecule has 5 nitrogen and oxygen atoms in total. The molecule has 0 aliphatic carbocycles. The van der Waals surface area contributed by atoms with Crippen LogP contribution in [0.4, 0.5) is 0 Å². The van der Waals surface area contributed by atoms with Crippen LogP contribution in [0.3, 0.4) is 0 Å². The van der Waals surface area contributed by atoms with Gasteiger partial charge in [-0.15, -0.1) is 11.8 Å². The van der Waals surface area contributed by atoms with Crippen molar-refractivity contribution in [1.82, 2.24) is 5.32 Å². The van der Waals surface area contributed by atoms with Crippen LogP contribution in [0.2, 0.25) is 5.02 Å². The number of nitrogens with one attached hydrogen (secondary N) is 1. The first-order valence-electron chi connectivity index (χ1n) is 5.50. The lowest BCUT2D eigenvalue weighted by Gasteiger charge is -2.28. The molecule has 7 heteroatoms. The van der Waals surface area contributed by atoms with Crippen LogP contribution in [0.5, 0.6) is 0 Å². The van der Waals surface area contributed by atoms with E-state index in [1.54, 1.807) is 18.2 Å². The number of rotatable bonds is 6. The summed E-state index contributed by atoms with van der Waals surface area (Å²) in [5.41, 5.74) is -1.23. The zero-order valence-electron chi connectivity index (χ0n) is 10.4. The van der Waals surface area contributed by atoms with Gasteiger partial charge in [0.2, 0.25) is 0 Å². The number of amides is 1. The standard InChI is InChI=1S/C12H16ClNO4S/c1-19-8-2-3-10(13)9(4-8)11(18)14-12(5-15,6-16)7-17/h2-4,15-17H,5-7H2,1H3,(H,14,18).